The first-order valence-electron chi connectivity index (χ1n) is 11.0. The van der Waals surface area contributed by atoms with Crippen LogP contribution in [0, 0.1) is 0 Å². The van der Waals surface area contributed by atoms with Crippen molar-refractivity contribution in [2.45, 2.75) is 39.4 Å². The van der Waals surface area contributed by atoms with E-state index in [2.05, 4.69) is 0 Å². The third-order valence-electron chi connectivity index (χ3n) is 5.45. The summed E-state index contributed by atoms with van der Waals surface area (Å²) in [6, 6.07) is 8.08. The second kappa shape index (κ2) is 9.21. The van der Waals surface area contributed by atoms with Gasteiger partial charge in [-0.3, -0.25) is 4.79 Å². The first-order chi connectivity index (χ1) is 16.3. The zero-order valence-electron chi connectivity index (χ0n) is 19.9. The maximum Gasteiger partial charge on any atom is 0.244 e. The van der Waals surface area contributed by atoms with Gasteiger partial charge in [-0.2, -0.15) is 0 Å². The summed E-state index contributed by atoms with van der Waals surface area (Å²) in [7, 11) is 2.97. The zero-order chi connectivity index (χ0) is 24.5. The van der Waals surface area contributed by atoms with Crippen LogP contribution in [0.2, 0.25) is 0 Å². The van der Waals surface area contributed by atoms with E-state index < -0.39 is 5.79 Å². The highest BCUT2D eigenvalue weighted by molar-refractivity contribution is 5.87. The van der Waals surface area contributed by atoms with Gasteiger partial charge in [0.1, 0.15) is 41.1 Å². The van der Waals surface area contributed by atoms with Gasteiger partial charge in [0.2, 0.25) is 5.79 Å². The zero-order valence-corrected chi connectivity index (χ0v) is 19.9. The lowest BCUT2D eigenvalue weighted by Crippen LogP contribution is -2.21. The Labute approximate surface area is 197 Å². The van der Waals surface area contributed by atoms with E-state index >= 15 is 0 Å². The molecule has 2 heterocycles. The Morgan fingerprint density at radius 3 is 2.47 bits per heavy atom. The number of hydrogen-bond acceptors (Lipinski definition) is 8. The molecule has 0 saturated heterocycles. The second-order valence-corrected chi connectivity index (χ2v) is 8.36. The lowest BCUT2D eigenvalue weighted by Gasteiger charge is -2.18. The van der Waals surface area contributed by atoms with E-state index in [1.807, 2.05) is 6.92 Å². The van der Waals surface area contributed by atoms with Crippen molar-refractivity contribution in [2.75, 3.05) is 20.8 Å². The van der Waals surface area contributed by atoms with Gasteiger partial charge in [-0.05, 0) is 18.6 Å². The molecule has 180 valence electrons. The summed E-state index contributed by atoms with van der Waals surface area (Å²) in [6.45, 7) is 5.74. The number of phenols is 1. The van der Waals surface area contributed by atoms with Crippen molar-refractivity contribution in [1.82, 2.24) is 0 Å². The maximum atomic E-state index is 13.1. The third-order valence-corrected chi connectivity index (χ3v) is 5.45. The van der Waals surface area contributed by atoms with E-state index in [-0.39, 0.29) is 17.8 Å². The monoisotopic (exact) mass is 468 g/mol. The van der Waals surface area contributed by atoms with Crippen LogP contribution in [-0.4, -0.2) is 31.7 Å². The molecule has 0 fully saturated rings. The fraction of sp³-hybridized carbons (Fsp3) is 0.346. The van der Waals surface area contributed by atoms with E-state index in [0.29, 0.717) is 57.3 Å². The van der Waals surface area contributed by atoms with Gasteiger partial charge in [-0.1, -0.05) is 13.3 Å². The van der Waals surface area contributed by atoms with Crippen LogP contribution in [0.1, 0.15) is 32.8 Å². The molecule has 8 nitrogen and oxygen atoms in total. The summed E-state index contributed by atoms with van der Waals surface area (Å²) in [5, 5.41) is 11.0. The number of phenolic OH excluding ortho intramolecular Hbond substituents is 1. The molecule has 0 aliphatic carbocycles. The average molecular weight is 469 g/mol. The summed E-state index contributed by atoms with van der Waals surface area (Å²) in [4.78, 5) is 13.1. The normalized spacial score (nSPS) is 14.3. The number of ether oxygens (including phenoxy) is 5. The van der Waals surface area contributed by atoms with Gasteiger partial charge in [-0.25, -0.2) is 0 Å². The van der Waals surface area contributed by atoms with E-state index in [0.717, 1.165) is 6.42 Å². The molecule has 2 aromatic carbocycles. The van der Waals surface area contributed by atoms with E-state index in [1.54, 1.807) is 38.1 Å². The third kappa shape index (κ3) is 4.48. The van der Waals surface area contributed by atoms with Crippen LogP contribution in [0.5, 0.6) is 23.0 Å². The maximum absolute atomic E-state index is 13.1. The molecule has 1 N–H and O–H groups in total. The number of aromatic hydroxyl groups is 1. The molecule has 0 spiro atoms. The fourth-order valence-electron chi connectivity index (χ4n) is 3.91. The van der Waals surface area contributed by atoms with Crippen LogP contribution >= 0.6 is 0 Å². The molecular formula is C26H28O8. The summed E-state index contributed by atoms with van der Waals surface area (Å²) in [6.07, 6.45) is 2.89. The number of fused-ring (bicyclic) bond motifs is 1. The predicted molar refractivity (Wildman–Crippen MR) is 127 cm³/mol. The number of hydrogen-bond donors (Lipinski definition) is 1. The molecule has 0 saturated carbocycles. The molecule has 0 radical (unpaired) electrons. The summed E-state index contributed by atoms with van der Waals surface area (Å²) >= 11 is 0. The molecule has 4 rings (SSSR count). The van der Waals surface area contributed by atoms with E-state index in [9.17, 15) is 9.90 Å². The van der Waals surface area contributed by atoms with E-state index in [1.165, 1.54) is 26.5 Å². The molecule has 34 heavy (non-hydrogen) atoms. The van der Waals surface area contributed by atoms with Crippen molar-refractivity contribution in [3.05, 3.63) is 58.1 Å². The van der Waals surface area contributed by atoms with Crippen molar-refractivity contribution in [2.24, 2.45) is 0 Å². The lowest BCUT2D eigenvalue weighted by atomic mass is 9.98. The van der Waals surface area contributed by atoms with Gasteiger partial charge in [-0.15, -0.1) is 0 Å². The highest BCUT2D eigenvalue weighted by Gasteiger charge is 2.28. The molecule has 0 atom stereocenters. The van der Waals surface area contributed by atoms with Crippen LogP contribution in [-0.2, 0) is 15.9 Å². The molecule has 0 bridgehead atoms. The molecule has 0 unspecified atom stereocenters. The Morgan fingerprint density at radius 2 is 1.82 bits per heavy atom. The Hall–Kier alpha value is -3.81. The Balaban J connectivity index is 1.76. The van der Waals surface area contributed by atoms with Crippen LogP contribution < -0.4 is 19.6 Å². The fourth-order valence-corrected chi connectivity index (χ4v) is 3.91. The highest BCUT2D eigenvalue weighted by atomic mass is 16.7. The van der Waals surface area contributed by atoms with Gasteiger partial charge in [0.05, 0.1) is 14.2 Å². The first-order valence-corrected chi connectivity index (χ1v) is 11.0. The quantitative estimate of drug-likeness (QED) is 0.486. The van der Waals surface area contributed by atoms with Crippen molar-refractivity contribution >= 4 is 11.0 Å². The summed E-state index contributed by atoms with van der Waals surface area (Å²) < 4.78 is 33.8. The Kier molecular flexibility index (Phi) is 6.32. The minimum absolute atomic E-state index is 0.0363. The van der Waals surface area contributed by atoms with Gasteiger partial charge >= 0.3 is 0 Å². The average Bonchev–Trinajstić information content (AvgIpc) is 3.16. The van der Waals surface area contributed by atoms with Crippen molar-refractivity contribution < 1.29 is 33.2 Å². The molecule has 8 heteroatoms. The second-order valence-electron chi connectivity index (χ2n) is 8.36. The van der Waals surface area contributed by atoms with Crippen LogP contribution in [0.3, 0.4) is 0 Å². The van der Waals surface area contributed by atoms with Gasteiger partial charge in [0.25, 0.3) is 0 Å². The molecule has 1 aliphatic rings. The molecule has 3 aromatic rings. The molecule has 1 aliphatic heterocycles. The smallest absolute Gasteiger partial charge is 0.244 e. The van der Waals surface area contributed by atoms with Gasteiger partial charge < -0.3 is 33.2 Å². The van der Waals surface area contributed by atoms with Crippen molar-refractivity contribution in [3.63, 3.8) is 0 Å². The topological polar surface area (TPSA) is 96.6 Å². The number of benzene rings is 2. The van der Waals surface area contributed by atoms with Crippen LogP contribution in [0.4, 0.5) is 0 Å². The standard InChI is InChI=1S/C26H28O8/c1-6-7-18-17(8-9-20(29-4)25(18)28)21-12-19(27)24-22(30-5)10-15(11-23(24)33-21)31-13-16-14-32-26(2,3)34-16/h8-12,14,28H,6-7,13H2,1-5H3. The van der Waals surface area contributed by atoms with Crippen LogP contribution in [0.15, 0.2) is 51.6 Å². The molecule has 1 aromatic heterocycles. The van der Waals surface area contributed by atoms with Crippen molar-refractivity contribution in [3.8, 4) is 34.3 Å². The summed E-state index contributed by atoms with van der Waals surface area (Å²) in [5.41, 5.74) is 1.30. The summed E-state index contributed by atoms with van der Waals surface area (Å²) in [5.74, 6) is 1.30. The molecule has 0 amide bonds. The van der Waals surface area contributed by atoms with E-state index in [4.69, 9.17) is 28.1 Å². The first kappa shape index (κ1) is 23.4. The predicted octanol–water partition coefficient (Wildman–Crippen LogP) is 5.14. The minimum Gasteiger partial charge on any atom is -0.504 e. The van der Waals surface area contributed by atoms with Crippen LogP contribution in [0.25, 0.3) is 22.3 Å². The van der Waals surface area contributed by atoms with Gasteiger partial charge in [0.15, 0.2) is 22.7 Å². The number of rotatable bonds is 8. The Bertz CT molecular complexity index is 1300. The van der Waals surface area contributed by atoms with Gasteiger partial charge in [0, 0.05) is 43.2 Å². The highest BCUT2D eigenvalue weighted by Crippen LogP contribution is 2.39. The molecular weight excluding hydrogens is 440 g/mol. The SMILES string of the molecule is CCCc1c(-c2cc(=O)c3c(OC)cc(OCC4=COC(C)(C)O4)cc3o2)ccc(OC)c1O. The lowest BCUT2D eigenvalue weighted by molar-refractivity contribution is -0.119. The van der Waals surface area contributed by atoms with Crippen molar-refractivity contribution in [1.29, 1.82) is 0 Å². The largest absolute Gasteiger partial charge is 0.504 e. The number of methoxy groups -OCH3 is 2. The minimum atomic E-state index is -0.735. The Morgan fingerprint density at radius 1 is 1.06 bits per heavy atom.